The van der Waals surface area contributed by atoms with Crippen LogP contribution in [0.3, 0.4) is 0 Å². The number of ether oxygens (including phenoxy) is 2. The van der Waals surface area contributed by atoms with Gasteiger partial charge in [-0.2, -0.15) is 0 Å². The number of nitrogens with two attached hydrogens (primary N) is 1. The standard InChI is InChI=1S/C9H13N3O3/c1-14-7-4-3-6(5-8(7)15-2)11-9(13)12-10/h3-5H,10H2,1-2H3,(H2,11,12,13). The lowest BCUT2D eigenvalue weighted by atomic mass is 10.3. The summed E-state index contributed by atoms with van der Waals surface area (Å²) < 4.78 is 10.1. The number of hydrogen-bond donors (Lipinski definition) is 3. The molecular weight excluding hydrogens is 198 g/mol. The second-order valence-electron chi connectivity index (χ2n) is 2.67. The monoisotopic (exact) mass is 211 g/mol. The summed E-state index contributed by atoms with van der Waals surface area (Å²) in [5.41, 5.74) is 2.52. The fourth-order valence-corrected chi connectivity index (χ4v) is 1.08. The Bertz CT molecular complexity index is 354. The van der Waals surface area contributed by atoms with Gasteiger partial charge in [-0.3, -0.25) is 5.43 Å². The summed E-state index contributed by atoms with van der Waals surface area (Å²) >= 11 is 0. The van der Waals surface area contributed by atoms with Crippen LogP contribution in [0.1, 0.15) is 0 Å². The van der Waals surface area contributed by atoms with E-state index in [0.29, 0.717) is 17.2 Å². The molecule has 0 aliphatic carbocycles. The Labute approximate surface area is 87.3 Å². The van der Waals surface area contributed by atoms with Crippen LogP contribution in [0.4, 0.5) is 10.5 Å². The Morgan fingerprint density at radius 1 is 1.27 bits per heavy atom. The maximum Gasteiger partial charge on any atom is 0.333 e. The van der Waals surface area contributed by atoms with Gasteiger partial charge in [0.1, 0.15) is 0 Å². The maximum atomic E-state index is 10.9. The van der Waals surface area contributed by atoms with Gasteiger partial charge < -0.3 is 14.8 Å². The van der Waals surface area contributed by atoms with Crippen LogP contribution in [0.15, 0.2) is 18.2 Å². The van der Waals surface area contributed by atoms with Crippen molar-refractivity contribution in [3.8, 4) is 11.5 Å². The highest BCUT2D eigenvalue weighted by Gasteiger charge is 2.05. The van der Waals surface area contributed by atoms with E-state index in [9.17, 15) is 4.79 Å². The molecule has 0 aliphatic rings. The molecule has 0 aliphatic heterocycles. The first-order chi connectivity index (χ1) is 7.21. The van der Waals surface area contributed by atoms with E-state index in [4.69, 9.17) is 15.3 Å². The molecule has 0 fully saturated rings. The number of urea groups is 1. The summed E-state index contributed by atoms with van der Waals surface area (Å²) in [7, 11) is 3.06. The summed E-state index contributed by atoms with van der Waals surface area (Å²) in [6.45, 7) is 0. The van der Waals surface area contributed by atoms with E-state index < -0.39 is 6.03 Å². The van der Waals surface area contributed by atoms with E-state index in [-0.39, 0.29) is 0 Å². The minimum Gasteiger partial charge on any atom is -0.493 e. The van der Waals surface area contributed by atoms with Gasteiger partial charge >= 0.3 is 6.03 Å². The number of benzene rings is 1. The lowest BCUT2D eigenvalue weighted by Gasteiger charge is -2.09. The van der Waals surface area contributed by atoms with Gasteiger partial charge in [-0.25, -0.2) is 10.6 Å². The van der Waals surface area contributed by atoms with Crippen molar-refractivity contribution < 1.29 is 14.3 Å². The minimum absolute atomic E-state index is 0.498. The van der Waals surface area contributed by atoms with Gasteiger partial charge in [-0.1, -0.05) is 0 Å². The average Bonchev–Trinajstić information content (AvgIpc) is 2.28. The summed E-state index contributed by atoms with van der Waals surface area (Å²) in [4.78, 5) is 10.9. The van der Waals surface area contributed by atoms with Crippen LogP contribution in [0.25, 0.3) is 0 Å². The topological polar surface area (TPSA) is 85.6 Å². The number of hydrogen-bond acceptors (Lipinski definition) is 4. The molecule has 0 unspecified atom stereocenters. The molecule has 0 aromatic heterocycles. The Balaban J connectivity index is 2.88. The van der Waals surface area contributed by atoms with Gasteiger partial charge in [-0.15, -0.1) is 0 Å². The van der Waals surface area contributed by atoms with Crippen molar-refractivity contribution in [2.45, 2.75) is 0 Å². The highest BCUT2D eigenvalue weighted by Crippen LogP contribution is 2.29. The van der Waals surface area contributed by atoms with E-state index >= 15 is 0 Å². The number of carbonyl (C=O) groups is 1. The third kappa shape index (κ3) is 2.75. The van der Waals surface area contributed by atoms with Crippen LogP contribution in [0, 0.1) is 0 Å². The number of amides is 2. The highest BCUT2D eigenvalue weighted by atomic mass is 16.5. The molecule has 0 atom stereocenters. The smallest absolute Gasteiger partial charge is 0.333 e. The van der Waals surface area contributed by atoms with Crippen LogP contribution < -0.4 is 26.1 Å². The summed E-state index contributed by atoms with van der Waals surface area (Å²) in [5, 5.41) is 2.51. The zero-order chi connectivity index (χ0) is 11.3. The predicted molar refractivity (Wildman–Crippen MR) is 55.9 cm³/mol. The van der Waals surface area contributed by atoms with Gasteiger partial charge in [0.15, 0.2) is 11.5 Å². The van der Waals surface area contributed by atoms with Crippen molar-refractivity contribution >= 4 is 11.7 Å². The molecule has 2 amide bonds. The van der Waals surface area contributed by atoms with Gasteiger partial charge in [0.25, 0.3) is 0 Å². The van der Waals surface area contributed by atoms with Crippen molar-refractivity contribution in [2.75, 3.05) is 19.5 Å². The van der Waals surface area contributed by atoms with Gasteiger partial charge in [0, 0.05) is 11.8 Å². The first kappa shape index (κ1) is 11.1. The number of carbonyl (C=O) groups excluding carboxylic acids is 1. The average molecular weight is 211 g/mol. The molecule has 0 saturated carbocycles. The largest absolute Gasteiger partial charge is 0.493 e. The second kappa shape index (κ2) is 5.06. The summed E-state index contributed by atoms with van der Waals surface area (Å²) in [6.07, 6.45) is 0. The van der Waals surface area contributed by atoms with E-state index in [1.807, 2.05) is 5.43 Å². The third-order valence-corrected chi connectivity index (χ3v) is 1.77. The highest BCUT2D eigenvalue weighted by molar-refractivity contribution is 5.89. The van der Waals surface area contributed by atoms with Gasteiger partial charge in [-0.05, 0) is 12.1 Å². The number of hydrazine groups is 1. The Hall–Kier alpha value is -1.95. The molecule has 1 aromatic rings. The Kier molecular flexibility index (Phi) is 3.75. The zero-order valence-corrected chi connectivity index (χ0v) is 8.53. The fraction of sp³-hybridized carbons (Fsp3) is 0.222. The molecule has 0 heterocycles. The molecule has 15 heavy (non-hydrogen) atoms. The molecule has 1 rings (SSSR count). The molecule has 0 saturated heterocycles. The molecule has 0 bridgehead atoms. The number of rotatable bonds is 3. The van der Waals surface area contributed by atoms with Gasteiger partial charge in [0.05, 0.1) is 14.2 Å². The first-order valence-electron chi connectivity index (χ1n) is 4.21. The van der Waals surface area contributed by atoms with Gasteiger partial charge in [0.2, 0.25) is 0 Å². The SMILES string of the molecule is COc1ccc(NC(=O)NN)cc1OC. The van der Waals surface area contributed by atoms with Crippen LogP contribution >= 0.6 is 0 Å². The molecule has 4 N–H and O–H groups in total. The number of nitrogens with one attached hydrogen (secondary N) is 2. The van der Waals surface area contributed by atoms with Crippen molar-refractivity contribution in [3.63, 3.8) is 0 Å². The van der Waals surface area contributed by atoms with Crippen molar-refractivity contribution in [3.05, 3.63) is 18.2 Å². The summed E-state index contributed by atoms with van der Waals surface area (Å²) in [5.74, 6) is 6.06. The normalized spacial score (nSPS) is 9.27. The van der Waals surface area contributed by atoms with Crippen LogP contribution in [0.2, 0.25) is 0 Å². The van der Waals surface area contributed by atoms with Crippen LogP contribution in [-0.4, -0.2) is 20.3 Å². The molecule has 0 spiro atoms. The third-order valence-electron chi connectivity index (χ3n) is 1.77. The molecular formula is C9H13N3O3. The molecule has 1 aromatic carbocycles. The predicted octanol–water partition coefficient (Wildman–Crippen LogP) is 0.699. The van der Waals surface area contributed by atoms with Crippen LogP contribution in [0.5, 0.6) is 11.5 Å². The van der Waals surface area contributed by atoms with Crippen LogP contribution in [-0.2, 0) is 0 Å². The first-order valence-corrected chi connectivity index (χ1v) is 4.21. The quantitative estimate of drug-likeness (QED) is 0.390. The summed E-state index contributed by atoms with van der Waals surface area (Å²) in [6, 6.07) is 4.50. The second-order valence-corrected chi connectivity index (χ2v) is 2.67. The van der Waals surface area contributed by atoms with Crippen molar-refractivity contribution in [2.24, 2.45) is 5.84 Å². The van der Waals surface area contributed by atoms with E-state index in [1.54, 1.807) is 18.2 Å². The lowest BCUT2D eigenvalue weighted by Crippen LogP contribution is -2.34. The molecule has 82 valence electrons. The van der Waals surface area contributed by atoms with E-state index in [1.165, 1.54) is 14.2 Å². The van der Waals surface area contributed by atoms with E-state index in [2.05, 4.69) is 5.32 Å². The Morgan fingerprint density at radius 3 is 2.47 bits per heavy atom. The van der Waals surface area contributed by atoms with Crippen molar-refractivity contribution in [1.29, 1.82) is 0 Å². The zero-order valence-electron chi connectivity index (χ0n) is 8.53. The molecule has 6 heteroatoms. The number of anilines is 1. The van der Waals surface area contributed by atoms with E-state index in [0.717, 1.165) is 0 Å². The maximum absolute atomic E-state index is 10.9. The lowest BCUT2D eigenvalue weighted by molar-refractivity contribution is 0.252. The Morgan fingerprint density at radius 2 is 1.93 bits per heavy atom. The molecule has 0 radical (unpaired) electrons. The van der Waals surface area contributed by atoms with Crippen molar-refractivity contribution in [1.82, 2.24) is 5.43 Å². The molecule has 6 nitrogen and oxygen atoms in total. The fourth-order valence-electron chi connectivity index (χ4n) is 1.08. The number of methoxy groups -OCH3 is 2. The minimum atomic E-state index is -0.498.